The number of thiazole rings is 1. The number of amides is 1. The van der Waals surface area contributed by atoms with Gasteiger partial charge in [-0.25, -0.2) is 9.99 Å². The fourth-order valence-corrected chi connectivity index (χ4v) is 5.72. The minimum absolute atomic E-state index is 0.0369. The number of thioether (sulfide) groups is 1. The predicted octanol–water partition coefficient (Wildman–Crippen LogP) is 4.56. The van der Waals surface area contributed by atoms with E-state index in [-0.39, 0.29) is 11.7 Å². The van der Waals surface area contributed by atoms with Crippen LogP contribution in [0.5, 0.6) is 5.75 Å². The highest BCUT2D eigenvalue weighted by atomic mass is 32.2. The second-order valence-electron chi connectivity index (χ2n) is 6.92. The van der Waals surface area contributed by atoms with Crippen molar-refractivity contribution in [1.29, 1.82) is 0 Å². The number of carbonyl (C=O) groups is 1. The van der Waals surface area contributed by atoms with Crippen molar-refractivity contribution in [2.24, 2.45) is 5.10 Å². The molecular weight excluding hydrogens is 416 g/mol. The summed E-state index contributed by atoms with van der Waals surface area (Å²) in [4.78, 5) is 18.4. The number of hydrogen-bond acceptors (Lipinski definition) is 7. The number of aromatic hydroxyl groups is 1. The molecule has 0 radical (unpaired) electrons. The van der Waals surface area contributed by atoms with Crippen LogP contribution >= 0.6 is 23.1 Å². The van der Waals surface area contributed by atoms with Crippen molar-refractivity contribution in [3.63, 3.8) is 0 Å². The first-order chi connectivity index (χ1) is 14.7. The molecule has 1 amide bonds. The van der Waals surface area contributed by atoms with Gasteiger partial charge in [-0.15, -0.1) is 11.3 Å². The van der Waals surface area contributed by atoms with E-state index in [1.165, 1.54) is 11.3 Å². The molecule has 150 valence electrons. The van der Waals surface area contributed by atoms with E-state index in [9.17, 15) is 9.90 Å². The van der Waals surface area contributed by atoms with Gasteiger partial charge in [0.25, 0.3) is 0 Å². The Kier molecular flexibility index (Phi) is 4.80. The normalized spacial score (nSPS) is 21.2. The Hall–Kier alpha value is -3.10. The quantitative estimate of drug-likeness (QED) is 0.652. The minimum Gasteiger partial charge on any atom is -0.508 e. The van der Waals surface area contributed by atoms with Crippen LogP contribution in [0.3, 0.4) is 0 Å². The third-order valence-electron chi connectivity index (χ3n) is 4.97. The molecular formula is C22H18N4O2S2. The van der Waals surface area contributed by atoms with E-state index in [1.54, 1.807) is 35.0 Å². The second-order valence-corrected chi connectivity index (χ2v) is 9.02. The van der Waals surface area contributed by atoms with Crippen LogP contribution in [-0.2, 0) is 4.79 Å². The van der Waals surface area contributed by atoms with E-state index >= 15 is 0 Å². The molecule has 1 spiro atoms. The van der Waals surface area contributed by atoms with E-state index in [0.717, 1.165) is 17.0 Å². The Bertz CT molecular complexity index is 1110. The molecule has 2 aromatic carbocycles. The molecule has 1 N–H and O–H groups in total. The number of hydrogen-bond donors (Lipinski definition) is 1. The zero-order valence-electron chi connectivity index (χ0n) is 15.9. The van der Waals surface area contributed by atoms with Crippen molar-refractivity contribution in [1.82, 2.24) is 4.98 Å². The van der Waals surface area contributed by atoms with Crippen LogP contribution in [0.4, 0.5) is 10.8 Å². The first-order valence-electron chi connectivity index (χ1n) is 9.42. The van der Waals surface area contributed by atoms with Gasteiger partial charge in [0.05, 0.1) is 17.2 Å². The molecule has 2 aliphatic rings. The highest BCUT2D eigenvalue weighted by Crippen LogP contribution is 2.50. The summed E-state index contributed by atoms with van der Waals surface area (Å²) in [5.74, 6) is 0.655. The molecule has 1 saturated heterocycles. The number of para-hydroxylation sites is 1. The molecule has 1 atom stereocenters. The second kappa shape index (κ2) is 7.62. The summed E-state index contributed by atoms with van der Waals surface area (Å²) >= 11 is 3.04. The van der Waals surface area contributed by atoms with Crippen molar-refractivity contribution in [2.45, 2.75) is 11.4 Å². The molecule has 0 bridgehead atoms. The highest BCUT2D eigenvalue weighted by molar-refractivity contribution is 8.02. The smallest absolute Gasteiger partial charge is 0.241 e. The molecule has 2 aliphatic heterocycles. The highest BCUT2D eigenvalue weighted by Gasteiger charge is 2.56. The summed E-state index contributed by atoms with van der Waals surface area (Å²) in [7, 11) is 0. The van der Waals surface area contributed by atoms with Gasteiger partial charge in [0.2, 0.25) is 5.91 Å². The van der Waals surface area contributed by atoms with Gasteiger partial charge in [-0.3, -0.25) is 9.69 Å². The number of benzene rings is 2. The Morgan fingerprint density at radius 3 is 2.60 bits per heavy atom. The van der Waals surface area contributed by atoms with Crippen LogP contribution in [0.15, 0.2) is 77.4 Å². The average Bonchev–Trinajstić information content (AvgIpc) is 3.49. The van der Waals surface area contributed by atoms with E-state index < -0.39 is 4.99 Å². The molecule has 3 heterocycles. The summed E-state index contributed by atoms with van der Waals surface area (Å²) in [6.45, 7) is 0. The summed E-state index contributed by atoms with van der Waals surface area (Å²) < 4.78 is 0. The lowest BCUT2D eigenvalue weighted by Gasteiger charge is -2.38. The van der Waals surface area contributed by atoms with Gasteiger partial charge < -0.3 is 5.11 Å². The van der Waals surface area contributed by atoms with Gasteiger partial charge in [0, 0.05) is 18.0 Å². The average molecular weight is 435 g/mol. The van der Waals surface area contributed by atoms with Crippen LogP contribution in [0.2, 0.25) is 0 Å². The number of hydrazone groups is 1. The van der Waals surface area contributed by atoms with Gasteiger partial charge in [0.15, 0.2) is 10.1 Å². The lowest BCUT2D eigenvalue weighted by Crippen LogP contribution is -2.53. The number of allylic oxidation sites excluding steroid dienone is 1. The number of anilines is 2. The first kappa shape index (κ1) is 18.9. The van der Waals surface area contributed by atoms with Gasteiger partial charge >= 0.3 is 0 Å². The maximum absolute atomic E-state index is 12.9. The van der Waals surface area contributed by atoms with Crippen molar-refractivity contribution < 1.29 is 9.90 Å². The fourth-order valence-electron chi connectivity index (χ4n) is 3.62. The molecule has 8 heteroatoms. The van der Waals surface area contributed by atoms with Crippen molar-refractivity contribution in [3.05, 3.63) is 77.8 Å². The molecule has 30 heavy (non-hydrogen) atoms. The van der Waals surface area contributed by atoms with E-state index in [4.69, 9.17) is 5.10 Å². The van der Waals surface area contributed by atoms with Crippen LogP contribution in [-0.4, -0.2) is 32.5 Å². The zero-order valence-corrected chi connectivity index (χ0v) is 17.5. The van der Waals surface area contributed by atoms with Gasteiger partial charge in [-0.2, -0.15) is 5.10 Å². The summed E-state index contributed by atoms with van der Waals surface area (Å²) in [5.41, 5.74) is 2.76. The van der Waals surface area contributed by atoms with Crippen molar-refractivity contribution in [3.8, 4) is 5.75 Å². The van der Waals surface area contributed by atoms with E-state index in [0.29, 0.717) is 17.3 Å². The van der Waals surface area contributed by atoms with Gasteiger partial charge in [-0.1, -0.05) is 48.2 Å². The van der Waals surface area contributed by atoms with Crippen LogP contribution < -0.4 is 9.91 Å². The number of phenols is 1. The first-order valence-corrected chi connectivity index (χ1v) is 11.3. The summed E-state index contributed by atoms with van der Waals surface area (Å²) in [5, 5.41) is 18.9. The Morgan fingerprint density at radius 2 is 1.87 bits per heavy atom. The maximum Gasteiger partial charge on any atom is 0.241 e. The van der Waals surface area contributed by atoms with Crippen LogP contribution in [0, 0.1) is 0 Å². The number of phenolic OH excluding ortho intramolecular Hbond substituents is 1. The Labute approximate surface area is 182 Å². The molecule has 1 aromatic heterocycles. The Balaban J connectivity index is 1.54. The molecule has 0 aliphatic carbocycles. The molecule has 0 saturated carbocycles. The van der Waals surface area contributed by atoms with Gasteiger partial charge in [-0.05, 0) is 35.9 Å². The minimum atomic E-state index is -0.676. The number of aromatic nitrogens is 1. The van der Waals surface area contributed by atoms with Crippen LogP contribution in [0.25, 0.3) is 6.08 Å². The SMILES string of the molecule is O=C1CSC2(CC(/C=C/c3ccc(O)cc3)=NN2c2ccccc2)N1c1nccs1. The topological polar surface area (TPSA) is 69.0 Å². The molecule has 1 unspecified atom stereocenters. The predicted molar refractivity (Wildman–Crippen MR) is 123 cm³/mol. The third-order valence-corrected chi connectivity index (χ3v) is 7.08. The fraction of sp³-hybridized carbons (Fsp3) is 0.136. The maximum atomic E-state index is 12.9. The van der Waals surface area contributed by atoms with Gasteiger partial charge in [0.1, 0.15) is 5.75 Å². The number of nitrogens with zero attached hydrogens (tertiary/aromatic N) is 4. The number of carbonyl (C=O) groups excluding carboxylic acids is 1. The molecule has 5 rings (SSSR count). The number of rotatable bonds is 4. The summed E-state index contributed by atoms with van der Waals surface area (Å²) in [6.07, 6.45) is 6.24. The van der Waals surface area contributed by atoms with Crippen molar-refractivity contribution in [2.75, 3.05) is 15.7 Å². The summed E-state index contributed by atoms with van der Waals surface area (Å²) in [6, 6.07) is 16.9. The van der Waals surface area contributed by atoms with E-state index in [1.807, 2.05) is 65.0 Å². The zero-order chi connectivity index (χ0) is 20.6. The van der Waals surface area contributed by atoms with E-state index in [2.05, 4.69) is 4.98 Å². The van der Waals surface area contributed by atoms with Crippen LogP contribution in [0.1, 0.15) is 12.0 Å². The third kappa shape index (κ3) is 3.28. The largest absolute Gasteiger partial charge is 0.508 e. The lowest BCUT2D eigenvalue weighted by atomic mass is 10.1. The molecule has 6 nitrogen and oxygen atoms in total. The molecule has 3 aromatic rings. The lowest BCUT2D eigenvalue weighted by molar-refractivity contribution is -0.116. The van der Waals surface area contributed by atoms with Crippen molar-refractivity contribution >= 4 is 51.6 Å². The molecule has 1 fully saturated rings. The Morgan fingerprint density at radius 1 is 1.07 bits per heavy atom. The monoisotopic (exact) mass is 434 g/mol. The standard InChI is InChI=1S/C22H18N4O2S2/c27-19-10-7-16(8-11-19)6-9-17-14-22(26(24-17)18-4-2-1-3-5-18)25(20(28)15-30-22)21-23-12-13-29-21/h1-13,27H,14-15H2/b9-6+.